The molecule has 0 radical (unpaired) electrons. The van der Waals surface area contributed by atoms with E-state index in [0.29, 0.717) is 27.7 Å². The molecule has 5 rings (SSSR count). The van der Waals surface area contributed by atoms with E-state index in [0.717, 1.165) is 0 Å². The highest BCUT2D eigenvalue weighted by Gasteiger charge is 2.27. The van der Waals surface area contributed by atoms with Gasteiger partial charge in [-0.2, -0.15) is 13.2 Å². The lowest BCUT2D eigenvalue weighted by molar-refractivity contribution is -0.127. The van der Waals surface area contributed by atoms with Crippen LogP contribution in [0, 0.1) is 0 Å². The summed E-state index contributed by atoms with van der Waals surface area (Å²) in [6.07, 6.45) is -5.40. The molecule has 0 bridgehead atoms. The summed E-state index contributed by atoms with van der Waals surface area (Å²) in [5.74, 6) is -1.62. The van der Waals surface area contributed by atoms with E-state index in [1.165, 1.54) is 47.0 Å². The van der Waals surface area contributed by atoms with Crippen molar-refractivity contribution in [3.63, 3.8) is 0 Å². The van der Waals surface area contributed by atoms with Crippen molar-refractivity contribution in [1.29, 1.82) is 0 Å². The predicted molar refractivity (Wildman–Crippen MR) is 139 cm³/mol. The van der Waals surface area contributed by atoms with Crippen LogP contribution >= 0.6 is 0 Å². The minimum absolute atomic E-state index is 0.0584. The summed E-state index contributed by atoms with van der Waals surface area (Å²) in [5.41, 5.74) is 2.13. The number of carboxylic acid groups (broad SMARTS) is 1. The summed E-state index contributed by atoms with van der Waals surface area (Å²) < 4.78 is 39.7. The summed E-state index contributed by atoms with van der Waals surface area (Å²) in [5, 5.41) is 40.1. The van der Waals surface area contributed by atoms with Crippen LogP contribution in [-0.4, -0.2) is 32.0 Å². The normalized spacial score (nSPS) is 11.9. The molecule has 39 heavy (non-hydrogen) atoms. The highest BCUT2D eigenvalue weighted by molar-refractivity contribution is 5.96. The zero-order chi connectivity index (χ0) is 27.7. The Morgan fingerprint density at radius 2 is 1.56 bits per heavy atom. The average molecular weight is 531 g/mol. The summed E-state index contributed by atoms with van der Waals surface area (Å²) >= 11 is 0. The molecule has 0 saturated carbocycles. The Labute approximate surface area is 219 Å². The van der Waals surface area contributed by atoms with Crippen molar-refractivity contribution in [3.8, 4) is 28.4 Å². The van der Waals surface area contributed by atoms with Gasteiger partial charge in [0.1, 0.15) is 5.69 Å². The first kappa shape index (κ1) is 25.5. The van der Waals surface area contributed by atoms with Crippen molar-refractivity contribution >= 4 is 28.2 Å². The average Bonchev–Trinajstić information content (AvgIpc) is 3.18. The molecule has 0 aliphatic rings. The van der Waals surface area contributed by atoms with Gasteiger partial charge in [-0.15, -0.1) is 10.2 Å². The van der Waals surface area contributed by atoms with Gasteiger partial charge in [-0.3, -0.25) is 4.57 Å². The van der Waals surface area contributed by atoms with Crippen molar-refractivity contribution in [2.45, 2.75) is 12.6 Å². The molecule has 1 aromatic heterocycles. The fraction of sp³-hybridized carbons (Fsp3) is 0.0690. The monoisotopic (exact) mass is 531 g/mol. The number of nitrogens with zero attached hydrogens (tertiary/aromatic N) is 3. The smallest absolute Gasteiger partial charge is 0.393 e. The number of benzene rings is 4. The van der Waals surface area contributed by atoms with Crippen LogP contribution in [0.5, 0.6) is 11.6 Å². The van der Waals surface area contributed by atoms with E-state index in [1.54, 1.807) is 48.5 Å². The number of phenols is 1. The van der Waals surface area contributed by atoms with Crippen molar-refractivity contribution < 1.29 is 33.3 Å². The largest absolute Gasteiger partial charge is 0.505 e. The summed E-state index contributed by atoms with van der Waals surface area (Å²) in [6.45, 7) is 0. The number of para-hydroxylation sites is 2. The van der Waals surface area contributed by atoms with Crippen LogP contribution in [0.25, 0.3) is 27.7 Å². The van der Waals surface area contributed by atoms with Gasteiger partial charge in [-0.05, 0) is 47.5 Å². The maximum Gasteiger partial charge on any atom is 0.393 e. The molecule has 0 unspecified atom stereocenters. The molecule has 196 valence electrons. The van der Waals surface area contributed by atoms with Crippen molar-refractivity contribution in [3.05, 3.63) is 102 Å². The number of aromatic nitrogens is 1. The van der Waals surface area contributed by atoms with Crippen LogP contribution in [0.15, 0.2) is 101 Å². The minimum atomic E-state index is -4.33. The molecule has 0 spiro atoms. The molecule has 0 fully saturated rings. The number of rotatable bonds is 6. The topological polar surface area (TPSA) is 107 Å². The first-order valence-electron chi connectivity index (χ1n) is 11.7. The van der Waals surface area contributed by atoms with Crippen LogP contribution in [-0.2, 0) is 6.42 Å². The molecule has 3 N–H and O–H groups in total. The van der Waals surface area contributed by atoms with E-state index >= 15 is 0 Å². The molecule has 0 saturated heterocycles. The van der Waals surface area contributed by atoms with E-state index in [-0.39, 0.29) is 34.1 Å². The summed E-state index contributed by atoms with van der Waals surface area (Å²) in [6, 6.07) is 23.4. The van der Waals surface area contributed by atoms with E-state index in [9.17, 15) is 33.3 Å². The van der Waals surface area contributed by atoms with Crippen LogP contribution in [0.1, 0.15) is 15.9 Å². The Morgan fingerprint density at radius 1 is 0.846 bits per heavy atom. The van der Waals surface area contributed by atoms with Gasteiger partial charge in [0.05, 0.1) is 17.5 Å². The number of halogens is 3. The van der Waals surface area contributed by atoms with Crippen molar-refractivity contribution in [1.82, 2.24) is 4.57 Å². The highest BCUT2D eigenvalue weighted by atomic mass is 19.4. The maximum absolute atomic E-state index is 12.8. The molecule has 7 nitrogen and oxygen atoms in total. The molecule has 5 aromatic rings. The van der Waals surface area contributed by atoms with Crippen molar-refractivity contribution in [2.24, 2.45) is 10.2 Å². The standard InChI is InChI=1S/C29H20F3N3O4/c30-29(31,32)16-17-11-13-20(14-12-17)35-24-10-2-1-7-22(24)25(27(35)37)34-33-23-9-4-8-21(26(23)36)18-5-3-6-19(15-18)28(38)39/h1-15,36-37H,16H2,(H,38,39). The second-order valence-corrected chi connectivity index (χ2v) is 8.74. The van der Waals surface area contributed by atoms with Crippen molar-refractivity contribution in [2.75, 3.05) is 0 Å². The predicted octanol–water partition coefficient (Wildman–Crippen LogP) is 7.93. The van der Waals surface area contributed by atoms with Gasteiger partial charge in [-0.1, -0.05) is 54.6 Å². The van der Waals surface area contributed by atoms with Gasteiger partial charge in [0, 0.05) is 16.6 Å². The molecule has 10 heteroatoms. The SMILES string of the molecule is O=C(O)c1cccc(-c2cccc(N=Nc3c(O)n(-c4ccc(CC(F)(F)F)cc4)c4ccccc34)c2O)c1. The molecule has 4 aromatic carbocycles. The maximum atomic E-state index is 12.8. The lowest BCUT2D eigenvalue weighted by Gasteiger charge is -2.10. The fourth-order valence-corrected chi connectivity index (χ4v) is 4.33. The van der Waals surface area contributed by atoms with Gasteiger partial charge < -0.3 is 15.3 Å². The van der Waals surface area contributed by atoms with Crippen LogP contribution < -0.4 is 0 Å². The fourth-order valence-electron chi connectivity index (χ4n) is 4.33. The Balaban J connectivity index is 1.54. The van der Waals surface area contributed by atoms with Gasteiger partial charge >= 0.3 is 12.1 Å². The molecular weight excluding hydrogens is 511 g/mol. The number of alkyl halides is 3. The van der Waals surface area contributed by atoms with E-state index in [4.69, 9.17) is 0 Å². The molecule has 0 atom stereocenters. The van der Waals surface area contributed by atoms with E-state index in [2.05, 4.69) is 10.2 Å². The molecule has 1 heterocycles. The van der Waals surface area contributed by atoms with Gasteiger partial charge in [0.25, 0.3) is 0 Å². The van der Waals surface area contributed by atoms with E-state index in [1.807, 2.05) is 0 Å². The number of carboxylic acids is 1. The Bertz CT molecular complexity index is 1720. The van der Waals surface area contributed by atoms with Gasteiger partial charge in [0.2, 0.25) is 5.88 Å². The van der Waals surface area contributed by atoms with Gasteiger partial charge in [0.15, 0.2) is 11.4 Å². The van der Waals surface area contributed by atoms with E-state index < -0.39 is 18.6 Å². The Kier molecular flexibility index (Phi) is 6.53. The number of aromatic carboxylic acids is 1. The zero-order valence-corrected chi connectivity index (χ0v) is 20.1. The zero-order valence-electron chi connectivity index (χ0n) is 20.1. The summed E-state index contributed by atoms with van der Waals surface area (Å²) in [7, 11) is 0. The first-order valence-corrected chi connectivity index (χ1v) is 11.7. The van der Waals surface area contributed by atoms with Crippen LogP contribution in [0.2, 0.25) is 0 Å². The van der Waals surface area contributed by atoms with Crippen LogP contribution in [0.3, 0.4) is 0 Å². The number of aromatic hydroxyl groups is 2. The molecule has 0 aliphatic carbocycles. The Morgan fingerprint density at radius 3 is 2.28 bits per heavy atom. The molecule has 0 aliphatic heterocycles. The lowest BCUT2D eigenvalue weighted by atomic mass is 10.0. The Hall–Kier alpha value is -5.12. The number of carbonyl (C=O) groups is 1. The number of fused-ring (bicyclic) bond motifs is 1. The third-order valence-corrected chi connectivity index (χ3v) is 6.12. The van der Waals surface area contributed by atoms with Gasteiger partial charge in [-0.25, -0.2) is 4.79 Å². The molecule has 0 amide bonds. The summed E-state index contributed by atoms with van der Waals surface area (Å²) in [4.78, 5) is 11.3. The second kappa shape index (κ2) is 9.97. The number of phenolic OH excluding ortho intramolecular Hbond substituents is 1. The number of hydrogen-bond acceptors (Lipinski definition) is 5. The lowest BCUT2D eigenvalue weighted by Crippen LogP contribution is -2.11. The number of azo groups is 1. The minimum Gasteiger partial charge on any atom is -0.505 e. The second-order valence-electron chi connectivity index (χ2n) is 8.74. The third kappa shape index (κ3) is 5.17. The number of hydrogen-bond donors (Lipinski definition) is 3. The molecular formula is C29H20F3N3O4. The van der Waals surface area contributed by atoms with Crippen LogP contribution in [0.4, 0.5) is 24.5 Å². The third-order valence-electron chi connectivity index (χ3n) is 6.12. The first-order chi connectivity index (χ1) is 18.6. The quantitative estimate of drug-likeness (QED) is 0.193. The highest BCUT2D eigenvalue weighted by Crippen LogP contribution is 2.43.